The first-order valence-corrected chi connectivity index (χ1v) is 10.5. The summed E-state index contributed by atoms with van der Waals surface area (Å²) in [4.78, 5) is 11.7. The summed E-state index contributed by atoms with van der Waals surface area (Å²) in [7, 11) is 0. The summed E-state index contributed by atoms with van der Waals surface area (Å²) in [6.07, 6.45) is 0. The van der Waals surface area contributed by atoms with Crippen molar-refractivity contribution in [3.8, 4) is 28.0 Å². The normalized spacial score (nSPS) is 11.0. The molecule has 0 fully saturated rings. The summed E-state index contributed by atoms with van der Waals surface area (Å²) < 4.78 is 0.920. The van der Waals surface area contributed by atoms with Gasteiger partial charge in [0.05, 0.1) is 5.69 Å². The predicted octanol–water partition coefficient (Wildman–Crippen LogP) is 7.44. The first kappa shape index (κ1) is 20.7. The molecule has 0 atom stereocenters. The molecule has 0 radical (unpaired) electrons. The van der Waals surface area contributed by atoms with Gasteiger partial charge in [-0.1, -0.05) is 72.8 Å². The number of aromatic carboxylic acids is 1. The summed E-state index contributed by atoms with van der Waals surface area (Å²) in [6, 6.07) is 27.8. The van der Waals surface area contributed by atoms with E-state index in [0.29, 0.717) is 22.5 Å². The molecule has 152 valence electrons. The van der Waals surface area contributed by atoms with Crippen LogP contribution in [0.25, 0.3) is 22.3 Å². The van der Waals surface area contributed by atoms with E-state index in [0.717, 1.165) is 14.7 Å². The Kier molecular flexibility index (Phi) is 6.08. The number of rotatable bonds is 5. The van der Waals surface area contributed by atoms with Gasteiger partial charge in [-0.3, -0.25) is 0 Å². The maximum absolute atomic E-state index is 11.7. The van der Waals surface area contributed by atoms with Crippen LogP contribution in [0, 0.1) is 3.57 Å². The van der Waals surface area contributed by atoms with Gasteiger partial charge in [0.15, 0.2) is 0 Å². The number of carboxylic acids is 1. The summed E-state index contributed by atoms with van der Waals surface area (Å²) >= 11 is 2.21. The van der Waals surface area contributed by atoms with E-state index in [-0.39, 0.29) is 11.3 Å². The maximum Gasteiger partial charge on any atom is 0.339 e. The molecule has 4 aromatic rings. The number of phenols is 1. The summed E-state index contributed by atoms with van der Waals surface area (Å²) in [5.74, 6) is -1.53. The van der Waals surface area contributed by atoms with Crippen LogP contribution >= 0.6 is 22.6 Å². The molecule has 0 bridgehead atoms. The van der Waals surface area contributed by atoms with Crippen molar-refractivity contribution in [3.05, 3.63) is 100 Å². The van der Waals surface area contributed by atoms with Gasteiger partial charge in [0, 0.05) is 14.7 Å². The molecular weight excluding hydrogens is 503 g/mol. The van der Waals surface area contributed by atoms with Crippen molar-refractivity contribution in [2.45, 2.75) is 0 Å². The zero-order valence-electron chi connectivity index (χ0n) is 16.2. The van der Waals surface area contributed by atoms with Gasteiger partial charge in [0.1, 0.15) is 17.0 Å². The highest BCUT2D eigenvalue weighted by Crippen LogP contribution is 2.39. The predicted molar refractivity (Wildman–Crippen MR) is 129 cm³/mol. The van der Waals surface area contributed by atoms with Crippen molar-refractivity contribution in [1.29, 1.82) is 0 Å². The van der Waals surface area contributed by atoms with E-state index < -0.39 is 5.97 Å². The molecule has 0 aliphatic rings. The Bertz CT molecular complexity index is 1270. The second-order valence-corrected chi connectivity index (χ2v) is 7.92. The highest BCUT2D eigenvalue weighted by Gasteiger charge is 2.17. The van der Waals surface area contributed by atoms with Gasteiger partial charge < -0.3 is 10.2 Å². The van der Waals surface area contributed by atoms with Crippen molar-refractivity contribution in [2.24, 2.45) is 10.2 Å². The van der Waals surface area contributed by atoms with Crippen LogP contribution in [0.3, 0.4) is 0 Å². The highest BCUT2D eigenvalue weighted by atomic mass is 127. The van der Waals surface area contributed by atoms with E-state index in [1.165, 1.54) is 6.07 Å². The van der Waals surface area contributed by atoms with Gasteiger partial charge in [-0.05, 0) is 51.9 Å². The number of hydrogen-bond acceptors (Lipinski definition) is 4. The Balaban J connectivity index is 1.82. The van der Waals surface area contributed by atoms with E-state index in [2.05, 4.69) is 32.8 Å². The summed E-state index contributed by atoms with van der Waals surface area (Å²) in [6.45, 7) is 0. The Morgan fingerprint density at radius 2 is 1.35 bits per heavy atom. The Morgan fingerprint density at radius 3 is 1.97 bits per heavy atom. The largest absolute Gasteiger partial charge is 0.506 e. The zero-order chi connectivity index (χ0) is 21.8. The van der Waals surface area contributed by atoms with Gasteiger partial charge in [-0.15, -0.1) is 5.11 Å². The molecule has 0 amide bonds. The van der Waals surface area contributed by atoms with Crippen LogP contribution in [-0.2, 0) is 0 Å². The van der Waals surface area contributed by atoms with Gasteiger partial charge in [0.25, 0.3) is 0 Å². The van der Waals surface area contributed by atoms with Gasteiger partial charge in [0.2, 0.25) is 0 Å². The molecule has 0 aliphatic heterocycles. The molecule has 4 aromatic carbocycles. The van der Waals surface area contributed by atoms with Crippen LogP contribution in [0.2, 0.25) is 0 Å². The van der Waals surface area contributed by atoms with Crippen LogP contribution in [-0.4, -0.2) is 16.2 Å². The lowest BCUT2D eigenvalue weighted by molar-refractivity contribution is 0.0694. The standard InChI is InChI=1S/C25H17IN2O3/c26-22-13-7-12-19(16-8-3-1-4-9-16)23(22)28-27-18-14-20(17-10-5-2-6-11-17)24(29)21(15-18)25(30)31/h1-15,29H,(H,30,31)/b28-27+. The van der Waals surface area contributed by atoms with E-state index >= 15 is 0 Å². The van der Waals surface area contributed by atoms with E-state index in [9.17, 15) is 15.0 Å². The molecule has 2 N–H and O–H groups in total. The lowest BCUT2D eigenvalue weighted by Crippen LogP contribution is -1.97. The summed E-state index contributed by atoms with van der Waals surface area (Å²) in [5.41, 5.74) is 3.84. The fraction of sp³-hybridized carbons (Fsp3) is 0. The van der Waals surface area contributed by atoms with Crippen molar-refractivity contribution in [1.82, 2.24) is 0 Å². The number of azo groups is 1. The van der Waals surface area contributed by atoms with Crippen molar-refractivity contribution >= 4 is 39.9 Å². The first-order chi connectivity index (χ1) is 15.0. The van der Waals surface area contributed by atoms with Crippen molar-refractivity contribution in [2.75, 3.05) is 0 Å². The fourth-order valence-corrected chi connectivity index (χ4v) is 3.86. The molecule has 0 heterocycles. The molecule has 31 heavy (non-hydrogen) atoms. The molecule has 4 rings (SSSR count). The molecule has 0 aliphatic carbocycles. The molecule has 0 saturated heterocycles. The Morgan fingerprint density at radius 1 is 0.742 bits per heavy atom. The fourth-order valence-electron chi connectivity index (χ4n) is 3.25. The number of carbonyl (C=O) groups is 1. The molecule has 0 unspecified atom stereocenters. The quantitative estimate of drug-likeness (QED) is 0.212. The second kappa shape index (κ2) is 9.09. The van der Waals surface area contributed by atoms with Crippen LogP contribution in [0.15, 0.2) is 101 Å². The van der Waals surface area contributed by atoms with E-state index in [4.69, 9.17) is 0 Å². The van der Waals surface area contributed by atoms with E-state index in [1.807, 2.05) is 66.7 Å². The Hall–Kier alpha value is -3.52. The van der Waals surface area contributed by atoms with Crippen LogP contribution in [0.4, 0.5) is 11.4 Å². The molecule has 0 saturated carbocycles. The minimum atomic E-state index is -1.23. The van der Waals surface area contributed by atoms with E-state index in [1.54, 1.807) is 18.2 Å². The maximum atomic E-state index is 11.7. The van der Waals surface area contributed by atoms with Gasteiger partial charge in [-0.2, -0.15) is 5.11 Å². The number of nitrogens with zero attached hydrogens (tertiary/aromatic N) is 2. The number of halogens is 1. The topological polar surface area (TPSA) is 82.2 Å². The van der Waals surface area contributed by atoms with Crippen LogP contribution in [0.5, 0.6) is 5.75 Å². The zero-order valence-corrected chi connectivity index (χ0v) is 18.4. The van der Waals surface area contributed by atoms with Crippen molar-refractivity contribution < 1.29 is 15.0 Å². The first-order valence-electron chi connectivity index (χ1n) is 9.46. The third-order valence-corrected chi connectivity index (χ3v) is 5.62. The second-order valence-electron chi connectivity index (χ2n) is 6.76. The van der Waals surface area contributed by atoms with Gasteiger partial charge in [-0.25, -0.2) is 4.79 Å². The minimum absolute atomic E-state index is 0.221. The van der Waals surface area contributed by atoms with Gasteiger partial charge >= 0.3 is 5.97 Å². The molecule has 6 heteroatoms. The SMILES string of the molecule is O=C(O)c1cc(/N=N/c2c(I)cccc2-c2ccccc2)cc(-c2ccccc2)c1O. The molecule has 0 spiro atoms. The number of hydrogen-bond donors (Lipinski definition) is 2. The lowest BCUT2D eigenvalue weighted by atomic mass is 10.0. The number of benzene rings is 4. The smallest absolute Gasteiger partial charge is 0.339 e. The van der Waals surface area contributed by atoms with Crippen LogP contribution < -0.4 is 0 Å². The number of aromatic hydroxyl groups is 1. The third kappa shape index (κ3) is 4.49. The number of carboxylic acid groups (broad SMARTS) is 1. The Labute approximate surface area is 192 Å². The molecule has 5 nitrogen and oxygen atoms in total. The summed E-state index contributed by atoms with van der Waals surface area (Å²) in [5, 5.41) is 28.9. The lowest BCUT2D eigenvalue weighted by Gasteiger charge is -2.10. The highest BCUT2D eigenvalue weighted by molar-refractivity contribution is 14.1. The molecule has 0 aromatic heterocycles. The average Bonchev–Trinajstić information content (AvgIpc) is 2.80. The van der Waals surface area contributed by atoms with Crippen LogP contribution in [0.1, 0.15) is 10.4 Å². The monoisotopic (exact) mass is 520 g/mol. The van der Waals surface area contributed by atoms with Crippen molar-refractivity contribution in [3.63, 3.8) is 0 Å². The minimum Gasteiger partial charge on any atom is -0.506 e. The molecular formula is C25H17IN2O3. The average molecular weight is 520 g/mol. The third-order valence-electron chi connectivity index (χ3n) is 4.75.